The Labute approximate surface area is 236 Å². The second kappa shape index (κ2) is 11.6. The minimum atomic E-state index is -1.87. The van der Waals surface area contributed by atoms with Gasteiger partial charge < -0.3 is 69.3 Å². The average Bonchev–Trinajstić information content (AvgIpc) is 2.96. The number of fused-ring (bicyclic) bond motifs is 1. The molecule has 2 saturated heterocycles. The Hall–Kier alpha value is -3.51. The summed E-state index contributed by atoms with van der Waals surface area (Å²) in [6.07, 6.45) is -15.5. The van der Waals surface area contributed by atoms with Gasteiger partial charge in [-0.1, -0.05) is 0 Å². The lowest BCUT2D eigenvalue weighted by Gasteiger charge is -2.39. The normalized spacial score (nSPS) is 33.4. The van der Waals surface area contributed by atoms with E-state index in [-0.39, 0.29) is 28.4 Å². The van der Waals surface area contributed by atoms with Gasteiger partial charge in [0.15, 0.2) is 5.76 Å². The molecule has 0 radical (unpaired) electrons. The van der Waals surface area contributed by atoms with Gasteiger partial charge in [0, 0.05) is 17.7 Å². The standard InChI is InChI=1S/C27H30O15/c1-9-17(31)20(34)22(36)26(38-9)39-12-6-13(30)16-14(7-12)40-24(10-2-4-11(29)5-3-10)25(19(16)33)42-27-23(37)21(35)18(32)15(8-28)41-27/h2-7,9,15,17-18,20-23,26-32,34-37H,8H2,1H3/t9-,15+,17-,18-,20+,21-,22+,23+,26+,27-/m0/s1. The Kier molecular flexibility index (Phi) is 8.30. The van der Waals surface area contributed by atoms with Gasteiger partial charge >= 0.3 is 0 Å². The number of phenols is 2. The van der Waals surface area contributed by atoms with Crippen LogP contribution in [0.5, 0.6) is 23.0 Å². The molecule has 15 heteroatoms. The Bertz CT molecular complexity index is 1470. The minimum Gasteiger partial charge on any atom is -0.508 e. The first-order valence-corrected chi connectivity index (χ1v) is 12.9. The zero-order valence-corrected chi connectivity index (χ0v) is 21.9. The molecule has 0 unspecified atom stereocenters. The number of phenolic OH excluding ortho intramolecular Hbond substituents is 2. The summed E-state index contributed by atoms with van der Waals surface area (Å²) in [4.78, 5) is 13.7. The summed E-state index contributed by atoms with van der Waals surface area (Å²) in [7, 11) is 0. The zero-order valence-electron chi connectivity index (χ0n) is 21.9. The van der Waals surface area contributed by atoms with Crippen molar-refractivity contribution in [3.05, 3.63) is 46.6 Å². The van der Waals surface area contributed by atoms with E-state index in [0.717, 1.165) is 6.07 Å². The highest BCUT2D eigenvalue weighted by atomic mass is 16.7. The molecule has 2 aromatic carbocycles. The molecule has 0 amide bonds. The van der Waals surface area contributed by atoms with E-state index in [9.17, 15) is 50.8 Å². The van der Waals surface area contributed by atoms with Crippen molar-refractivity contribution in [2.45, 2.75) is 68.3 Å². The van der Waals surface area contributed by atoms with Crippen LogP contribution in [0.4, 0.5) is 0 Å². The molecule has 2 aliphatic rings. The number of aromatic hydroxyl groups is 2. The summed E-state index contributed by atoms with van der Waals surface area (Å²) in [6, 6.07) is 7.53. The van der Waals surface area contributed by atoms with E-state index in [0.29, 0.717) is 0 Å². The summed E-state index contributed by atoms with van der Waals surface area (Å²) < 4.78 is 28.0. The van der Waals surface area contributed by atoms with Crippen LogP contribution in [0.2, 0.25) is 0 Å². The maximum absolute atomic E-state index is 13.7. The van der Waals surface area contributed by atoms with E-state index in [4.69, 9.17) is 23.4 Å². The van der Waals surface area contributed by atoms with Gasteiger partial charge in [-0.25, -0.2) is 0 Å². The van der Waals surface area contributed by atoms with Crippen LogP contribution in [-0.2, 0) is 9.47 Å². The summed E-state index contributed by atoms with van der Waals surface area (Å²) in [5, 5.41) is 90.7. The molecular formula is C27H30O15. The lowest BCUT2D eigenvalue weighted by molar-refractivity contribution is -0.277. The lowest BCUT2D eigenvalue weighted by atomic mass is 9.99. The first kappa shape index (κ1) is 30.0. The van der Waals surface area contributed by atoms with Crippen LogP contribution in [0.15, 0.2) is 45.6 Å². The van der Waals surface area contributed by atoms with E-state index >= 15 is 0 Å². The van der Waals surface area contributed by atoms with Gasteiger partial charge in [-0.05, 0) is 31.2 Å². The van der Waals surface area contributed by atoms with Gasteiger partial charge in [0.1, 0.15) is 70.9 Å². The van der Waals surface area contributed by atoms with E-state index in [2.05, 4.69) is 0 Å². The minimum absolute atomic E-state index is 0.112. The van der Waals surface area contributed by atoms with Crippen LogP contribution in [0, 0.1) is 0 Å². The van der Waals surface area contributed by atoms with Crippen LogP contribution in [0.1, 0.15) is 6.92 Å². The van der Waals surface area contributed by atoms with Crippen molar-refractivity contribution >= 4 is 11.0 Å². The van der Waals surface area contributed by atoms with Gasteiger partial charge in [0.2, 0.25) is 23.8 Å². The van der Waals surface area contributed by atoms with Crippen molar-refractivity contribution in [2.75, 3.05) is 6.61 Å². The van der Waals surface area contributed by atoms with Crippen molar-refractivity contribution < 1.29 is 69.3 Å². The lowest BCUT2D eigenvalue weighted by Crippen LogP contribution is -2.60. The highest BCUT2D eigenvalue weighted by Gasteiger charge is 2.46. The third-order valence-corrected chi connectivity index (χ3v) is 7.18. The van der Waals surface area contributed by atoms with Crippen LogP contribution in [0.25, 0.3) is 22.3 Å². The summed E-state index contributed by atoms with van der Waals surface area (Å²) >= 11 is 0. The predicted molar refractivity (Wildman–Crippen MR) is 139 cm³/mol. The SMILES string of the molecule is C[C@@H]1O[C@H](Oc2cc(O)c3c(=O)c(O[C@@H]4O[C@H](CO)[C@H](O)[C@H](O)[C@H]4O)c(-c4ccc(O)cc4)oc3c2)[C@H](O)[C@H](O)[C@H]1O. The fourth-order valence-corrected chi connectivity index (χ4v) is 4.76. The molecule has 15 nitrogen and oxygen atoms in total. The number of hydrogen-bond acceptors (Lipinski definition) is 15. The number of aliphatic hydroxyl groups excluding tert-OH is 7. The van der Waals surface area contributed by atoms with Crippen LogP contribution in [0.3, 0.4) is 0 Å². The Morgan fingerprint density at radius 1 is 0.786 bits per heavy atom. The summed E-state index contributed by atoms with van der Waals surface area (Å²) in [5.41, 5.74) is -1.01. The van der Waals surface area contributed by atoms with Gasteiger partial charge in [-0.2, -0.15) is 0 Å². The van der Waals surface area contributed by atoms with E-state index in [1.165, 1.54) is 37.3 Å². The topological polar surface area (TPSA) is 249 Å². The molecule has 0 bridgehead atoms. The molecule has 228 valence electrons. The predicted octanol–water partition coefficient (Wildman–Crippen LogP) is -1.74. The molecule has 10 atom stereocenters. The fourth-order valence-electron chi connectivity index (χ4n) is 4.76. The van der Waals surface area contributed by atoms with Gasteiger partial charge in [-0.15, -0.1) is 0 Å². The van der Waals surface area contributed by atoms with Crippen molar-refractivity contribution in [3.8, 4) is 34.3 Å². The smallest absolute Gasteiger partial charge is 0.239 e. The molecule has 3 aromatic rings. The summed E-state index contributed by atoms with van der Waals surface area (Å²) in [6.45, 7) is 0.702. The third-order valence-electron chi connectivity index (χ3n) is 7.18. The van der Waals surface area contributed by atoms with E-state index < -0.39 is 90.3 Å². The van der Waals surface area contributed by atoms with Crippen molar-refractivity contribution in [1.82, 2.24) is 0 Å². The monoisotopic (exact) mass is 594 g/mol. The number of ether oxygens (including phenoxy) is 4. The Morgan fingerprint density at radius 2 is 1.40 bits per heavy atom. The second-order valence-corrected chi connectivity index (χ2v) is 10.1. The maximum atomic E-state index is 13.7. The number of rotatable bonds is 6. The van der Waals surface area contributed by atoms with Crippen LogP contribution in [-0.4, -0.2) is 114 Å². The van der Waals surface area contributed by atoms with Gasteiger partial charge in [0.05, 0.1) is 12.7 Å². The first-order chi connectivity index (χ1) is 19.9. The highest BCUT2D eigenvalue weighted by molar-refractivity contribution is 5.88. The van der Waals surface area contributed by atoms with Crippen LogP contribution < -0.4 is 14.9 Å². The molecule has 2 aliphatic heterocycles. The van der Waals surface area contributed by atoms with Gasteiger partial charge in [0.25, 0.3) is 0 Å². The number of aliphatic hydroxyl groups is 7. The second-order valence-electron chi connectivity index (χ2n) is 10.1. The highest BCUT2D eigenvalue weighted by Crippen LogP contribution is 2.38. The zero-order chi connectivity index (χ0) is 30.5. The molecule has 9 N–H and O–H groups in total. The molecular weight excluding hydrogens is 564 g/mol. The first-order valence-electron chi connectivity index (χ1n) is 12.9. The van der Waals surface area contributed by atoms with E-state index in [1.807, 2.05) is 0 Å². The molecule has 1 aromatic heterocycles. The van der Waals surface area contributed by atoms with E-state index in [1.54, 1.807) is 0 Å². The summed E-state index contributed by atoms with van der Waals surface area (Å²) in [5.74, 6) is -1.77. The van der Waals surface area contributed by atoms with Crippen molar-refractivity contribution in [1.29, 1.82) is 0 Å². The van der Waals surface area contributed by atoms with Gasteiger partial charge in [-0.3, -0.25) is 4.79 Å². The maximum Gasteiger partial charge on any atom is 0.239 e. The Balaban J connectivity index is 1.58. The molecule has 5 rings (SSSR count). The fraction of sp³-hybridized carbons (Fsp3) is 0.444. The third kappa shape index (κ3) is 5.37. The molecule has 2 fully saturated rings. The molecule has 42 heavy (non-hydrogen) atoms. The molecule has 0 saturated carbocycles. The van der Waals surface area contributed by atoms with Crippen LogP contribution >= 0.6 is 0 Å². The van der Waals surface area contributed by atoms with Crippen molar-refractivity contribution in [3.63, 3.8) is 0 Å². The Morgan fingerprint density at radius 3 is 2.05 bits per heavy atom. The molecule has 0 aliphatic carbocycles. The number of hydrogen-bond donors (Lipinski definition) is 9. The molecule has 0 spiro atoms. The average molecular weight is 595 g/mol. The van der Waals surface area contributed by atoms with Crippen molar-refractivity contribution in [2.24, 2.45) is 0 Å². The quantitative estimate of drug-likeness (QED) is 0.154. The molecule has 3 heterocycles. The largest absolute Gasteiger partial charge is 0.508 e. The number of benzene rings is 2.